The Hall–Kier alpha value is -1.38. The van der Waals surface area contributed by atoms with E-state index in [2.05, 4.69) is 4.98 Å². The predicted molar refractivity (Wildman–Crippen MR) is 41.4 cm³/mol. The van der Waals surface area contributed by atoms with Crippen LogP contribution in [-0.4, -0.2) is 15.5 Å². The van der Waals surface area contributed by atoms with Crippen LogP contribution in [0.4, 0.5) is 0 Å². The molecule has 3 nitrogen and oxygen atoms in total. The van der Waals surface area contributed by atoms with Crippen LogP contribution >= 0.6 is 0 Å². The van der Waals surface area contributed by atoms with Crippen LogP contribution in [0.3, 0.4) is 0 Å². The van der Waals surface area contributed by atoms with Gasteiger partial charge < -0.3 is 0 Å². The van der Waals surface area contributed by atoms with Gasteiger partial charge in [-0.2, -0.15) is 0 Å². The first kappa shape index (κ1) is 6.34. The smallest absolute Gasteiger partial charge is 0.256 e. The first-order valence-corrected chi connectivity index (χ1v) is 3.48. The number of fused-ring (bicyclic) bond motifs is 1. The van der Waals surface area contributed by atoms with Crippen LogP contribution in [0.2, 0.25) is 0 Å². The fourth-order valence-corrected chi connectivity index (χ4v) is 1.38. The molecule has 0 unspecified atom stereocenters. The van der Waals surface area contributed by atoms with Crippen molar-refractivity contribution in [3.63, 3.8) is 0 Å². The molecule has 2 rings (SSSR count). The van der Waals surface area contributed by atoms with E-state index in [9.17, 15) is 4.79 Å². The van der Waals surface area contributed by atoms with E-state index in [1.807, 2.05) is 13.8 Å². The van der Waals surface area contributed by atoms with Gasteiger partial charge in [-0.3, -0.25) is 9.36 Å². The van der Waals surface area contributed by atoms with Crippen molar-refractivity contribution in [2.45, 2.75) is 13.8 Å². The maximum absolute atomic E-state index is 11.1. The molecule has 0 N–H and O–H groups in total. The Kier molecular flexibility index (Phi) is 1.04. The molecule has 0 saturated heterocycles. The monoisotopic (exact) mass is 148 g/mol. The molecule has 3 heteroatoms. The van der Waals surface area contributed by atoms with Crippen LogP contribution in [0.25, 0.3) is 6.08 Å². The van der Waals surface area contributed by atoms with E-state index in [0.29, 0.717) is 0 Å². The van der Waals surface area contributed by atoms with Gasteiger partial charge in [-0.05, 0) is 19.9 Å². The molecule has 0 saturated carbocycles. The molecule has 11 heavy (non-hydrogen) atoms. The summed E-state index contributed by atoms with van der Waals surface area (Å²) in [5.41, 5.74) is 1.84. The van der Waals surface area contributed by atoms with E-state index in [1.54, 1.807) is 16.7 Å². The number of hydrogen-bond donors (Lipinski definition) is 0. The number of carbonyl (C=O) groups is 1. The van der Waals surface area contributed by atoms with E-state index < -0.39 is 0 Å². The van der Waals surface area contributed by atoms with Gasteiger partial charge in [0.1, 0.15) is 5.82 Å². The normalized spacial score (nSPS) is 14.2. The van der Waals surface area contributed by atoms with Crippen molar-refractivity contribution in [1.82, 2.24) is 9.55 Å². The largest absolute Gasteiger partial charge is 0.269 e. The van der Waals surface area contributed by atoms with Crippen molar-refractivity contribution in [1.29, 1.82) is 0 Å². The van der Waals surface area contributed by atoms with Crippen LogP contribution in [0.1, 0.15) is 22.0 Å². The lowest BCUT2D eigenvalue weighted by molar-refractivity contribution is 0.0972. The number of carbonyl (C=O) groups excluding carboxylic acids is 1. The standard InChI is InChI=1S/C8H8N2O/c1-5-7-3-4-8(11)10(7)6(2)9-5/h3-4H,1-2H3. The maximum Gasteiger partial charge on any atom is 0.256 e. The molecule has 0 bridgehead atoms. The predicted octanol–water partition coefficient (Wildman–Crippen LogP) is 1.17. The molecular weight excluding hydrogens is 140 g/mol. The van der Waals surface area contributed by atoms with Gasteiger partial charge in [0.05, 0.1) is 11.4 Å². The lowest BCUT2D eigenvalue weighted by atomic mass is 10.3. The highest BCUT2D eigenvalue weighted by molar-refractivity contribution is 5.99. The third-order valence-corrected chi connectivity index (χ3v) is 1.87. The summed E-state index contributed by atoms with van der Waals surface area (Å²) in [5.74, 6) is 0.783. The lowest BCUT2D eigenvalue weighted by Gasteiger charge is -1.94. The summed E-state index contributed by atoms with van der Waals surface area (Å²) in [6.45, 7) is 3.74. The third-order valence-electron chi connectivity index (χ3n) is 1.87. The molecule has 56 valence electrons. The average molecular weight is 148 g/mol. The minimum atomic E-state index is 0.0121. The summed E-state index contributed by atoms with van der Waals surface area (Å²) in [7, 11) is 0. The van der Waals surface area contributed by atoms with E-state index in [-0.39, 0.29) is 5.91 Å². The summed E-state index contributed by atoms with van der Waals surface area (Å²) in [6.07, 6.45) is 3.37. The van der Waals surface area contributed by atoms with Gasteiger partial charge >= 0.3 is 0 Å². The molecule has 1 aliphatic heterocycles. The number of hydrogen-bond acceptors (Lipinski definition) is 2. The molecule has 2 heterocycles. The van der Waals surface area contributed by atoms with Gasteiger partial charge in [0.15, 0.2) is 0 Å². The first-order chi connectivity index (χ1) is 5.20. The zero-order valence-electron chi connectivity index (χ0n) is 6.46. The van der Waals surface area contributed by atoms with E-state index in [1.165, 1.54) is 0 Å². The molecule has 1 aromatic rings. The van der Waals surface area contributed by atoms with Crippen LogP contribution in [-0.2, 0) is 0 Å². The molecule has 0 atom stereocenters. The molecule has 0 amide bonds. The van der Waals surface area contributed by atoms with Gasteiger partial charge in [-0.25, -0.2) is 4.98 Å². The van der Waals surface area contributed by atoms with Crippen molar-refractivity contribution < 1.29 is 4.79 Å². The van der Waals surface area contributed by atoms with E-state index in [0.717, 1.165) is 17.2 Å². The van der Waals surface area contributed by atoms with Gasteiger partial charge in [0.2, 0.25) is 0 Å². The number of allylic oxidation sites excluding steroid dienone is 1. The number of imidazole rings is 1. The summed E-state index contributed by atoms with van der Waals surface area (Å²) in [5, 5.41) is 0. The lowest BCUT2D eigenvalue weighted by Crippen LogP contribution is -2.05. The Morgan fingerprint density at radius 2 is 2.09 bits per heavy atom. The quantitative estimate of drug-likeness (QED) is 0.553. The van der Waals surface area contributed by atoms with Crippen molar-refractivity contribution in [2.75, 3.05) is 0 Å². The molecule has 0 fully saturated rings. The van der Waals surface area contributed by atoms with Crippen LogP contribution < -0.4 is 0 Å². The highest BCUT2D eigenvalue weighted by Gasteiger charge is 2.18. The van der Waals surface area contributed by atoms with Crippen LogP contribution in [0.5, 0.6) is 0 Å². The van der Waals surface area contributed by atoms with Gasteiger partial charge in [0.25, 0.3) is 5.91 Å². The fourth-order valence-electron chi connectivity index (χ4n) is 1.38. The summed E-state index contributed by atoms with van der Waals surface area (Å²) >= 11 is 0. The second kappa shape index (κ2) is 1.81. The molecule has 0 radical (unpaired) electrons. The first-order valence-electron chi connectivity index (χ1n) is 3.48. The van der Waals surface area contributed by atoms with Crippen molar-refractivity contribution >= 4 is 12.0 Å². The van der Waals surface area contributed by atoms with Crippen molar-refractivity contribution in [2.24, 2.45) is 0 Å². The summed E-state index contributed by atoms with van der Waals surface area (Å²) in [4.78, 5) is 15.3. The van der Waals surface area contributed by atoms with Crippen molar-refractivity contribution in [3.8, 4) is 0 Å². The molecular formula is C8H8N2O. The van der Waals surface area contributed by atoms with E-state index in [4.69, 9.17) is 0 Å². The number of nitrogens with zero attached hydrogens (tertiary/aromatic N) is 2. The number of aryl methyl sites for hydroxylation is 2. The fraction of sp³-hybridized carbons (Fsp3) is 0.250. The maximum atomic E-state index is 11.1. The Balaban J connectivity index is 2.77. The minimum absolute atomic E-state index is 0.0121. The third kappa shape index (κ3) is 0.677. The van der Waals surface area contributed by atoms with Gasteiger partial charge in [-0.15, -0.1) is 0 Å². The molecule has 0 aromatic carbocycles. The summed E-state index contributed by atoms with van der Waals surface area (Å²) < 4.78 is 1.62. The Bertz CT molecular complexity index is 360. The highest BCUT2D eigenvalue weighted by atomic mass is 16.2. The highest BCUT2D eigenvalue weighted by Crippen LogP contribution is 2.17. The van der Waals surface area contributed by atoms with Gasteiger partial charge in [0, 0.05) is 6.08 Å². The van der Waals surface area contributed by atoms with Crippen LogP contribution in [0.15, 0.2) is 6.08 Å². The number of aromatic nitrogens is 2. The minimum Gasteiger partial charge on any atom is -0.269 e. The zero-order chi connectivity index (χ0) is 8.01. The SMILES string of the molecule is Cc1nc(C)n2c1C=CC2=O. The molecule has 0 spiro atoms. The zero-order valence-corrected chi connectivity index (χ0v) is 6.46. The van der Waals surface area contributed by atoms with Crippen molar-refractivity contribution in [3.05, 3.63) is 23.3 Å². The average Bonchev–Trinajstić information content (AvgIpc) is 2.41. The molecule has 1 aliphatic rings. The second-order valence-electron chi connectivity index (χ2n) is 2.64. The van der Waals surface area contributed by atoms with Gasteiger partial charge in [-0.1, -0.05) is 0 Å². The number of rotatable bonds is 0. The van der Waals surface area contributed by atoms with E-state index >= 15 is 0 Å². The Morgan fingerprint density at radius 3 is 2.73 bits per heavy atom. The molecule has 1 aromatic heterocycles. The Labute approximate surface area is 64.4 Å². The second-order valence-corrected chi connectivity index (χ2v) is 2.64. The summed E-state index contributed by atoms with van der Waals surface area (Å²) in [6, 6.07) is 0. The topological polar surface area (TPSA) is 34.9 Å². The molecule has 0 aliphatic carbocycles. The van der Waals surface area contributed by atoms with Crippen LogP contribution in [0, 0.1) is 13.8 Å². The Morgan fingerprint density at radius 1 is 1.36 bits per heavy atom.